The molecule has 116 valence electrons. The highest BCUT2D eigenvalue weighted by Crippen LogP contribution is 2.31. The van der Waals surface area contributed by atoms with Crippen molar-refractivity contribution in [1.82, 2.24) is 4.90 Å². The van der Waals surface area contributed by atoms with Crippen LogP contribution in [0.4, 0.5) is 5.69 Å². The van der Waals surface area contributed by atoms with E-state index >= 15 is 0 Å². The summed E-state index contributed by atoms with van der Waals surface area (Å²) in [4.78, 5) is 12.7. The van der Waals surface area contributed by atoms with E-state index in [2.05, 4.69) is 4.90 Å². The summed E-state index contributed by atoms with van der Waals surface area (Å²) in [6.45, 7) is 3.61. The van der Waals surface area contributed by atoms with Crippen molar-refractivity contribution in [3.8, 4) is 11.5 Å². The van der Waals surface area contributed by atoms with E-state index in [1.165, 1.54) is 32.1 Å². The van der Waals surface area contributed by atoms with Crippen LogP contribution in [0.25, 0.3) is 0 Å². The Hall–Kier alpha value is -1.86. The molecule has 0 saturated carbocycles. The van der Waals surface area contributed by atoms with Gasteiger partial charge in [-0.3, -0.25) is 15.0 Å². The molecule has 0 atom stereocenters. The molecule has 0 aliphatic carbocycles. The van der Waals surface area contributed by atoms with Gasteiger partial charge in [0, 0.05) is 19.7 Å². The minimum absolute atomic E-state index is 0.0175. The zero-order chi connectivity index (χ0) is 15.1. The van der Waals surface area contributed by atoms with Crippen molar-refractivity contribution in [2.24, 2.45) is 0 Å². The summed E-state index contributed by atoms with van der Waals surface area (Å²) in [7, 11) is 1.49. The number of non-ortho nitro benzene ring substituents is 1. The second-order valence-corrected chi connectivity index (χ2v) is 4.84. The van der Waals surface area contributed by atoms with E-state index in [0.29, 0.717) is 18.1 Å². The third kappa shape index (κ3) is 4.57. The molecular weight excluding hydrogens is 276 g/mol. The quantitative estimate of drug-likeness (QED) is 0.415. The van der Waals surface area contributed by atoms with Crippen LogP contribution in [0.1, 0.15) is 12.8 Å². The molecule has 7 nitrogen and oxygen atoms in total. The highest BCUT2D eigenvalue weighted by atomic mass is 16.7. The molecular formula is C14H20N2O5. The van der Waals surface area contributed by atoms with Crippen LogP contribution in [-0.2, 0) is 4.74 Å². The molecule has 1 aromatic rings. The molecule has 0 bridgehead atoms. The fraction of sp³-hybridized carbons (Fsp3) is 0.571. The van der Waals surface area contributed by atoms with Gasteiger partial charge in [-0.15, -0.1) is 0 Å². The van der Waals surface area contributed by atoms with Crippen molar-refractivity contribution < 1.29 is 19.1 Å². The van der Waals surface area contributed by atoms with Crippen LogP contribution in [-0.4, -0.2) is 50.0 Å². The number of hydrogen-bond donors (Lipinski definition) is 0. The Morgan fingerprint density at radius 2 is 2.00 bits per heavy atom. The van der Waals surface area contributed by atoms with Crippen molar-refractivity contribution in [2.75, 3.05) is 40.1 Å². The monoisotopic (exact) mass is 296 g/mol. The third-order valence-corrected chi connectivity index (χ3v) is 3.33. The fourth-order valence-corrected chi connectivity index (χ4v) is 2.26. The van der Waals surface area contributed by atoms with Crippen LogP contribution in [0.5, 0.6) is 11.5 Å². The molecule has 1 aromatic carbocycles. The lowest BCUT2D eigenvalue weighted by Gasteiger charge is -2.16. The molecule has 7 heteroatoms. The van der Waals surface area contributed by atoms with Crippen molar-refractivity contribution in [2.45, 2.75) is 12.8 Å². The van der Waals surface area contributed by atoms with Crippen molar-refractivity contribution in [3.63, 3.8) is 0 Å². The molecule has 1 aliphatic heterocycles. The Bertz CT molecular complexity index is 474. The lowest BCUT2D eigenvalue weighted by molar-refractivity contribution is -0.385. The molecule has 21 heavy (non-hydrogen) atoms. The minimum atomic E-state index is -0.465. The topological polar surface area (TPSA) is 74.1 Å². The average Bonchev–Trinajstić information content (AvgIpc) is 2.99. The van der Waals surface area contributed by atoms with Crippen molar-refractivity contribution in [3.05, 3.63) is 28.3 Å². The van der Waals surface area contributed by atoms with Crippen LogP contribution in [0, 0.1) is 10.1 Å². The Balaban J connectivity index is 1.96. The highest BCUT2D eigenvalue weighted by Gasteiger charge is 2.15. The number of rotatable bonds is 8. The van der Waals surface area contributed by atoms with Gasteiger partial charge in [0.25, 0.3) is 5.69 Å². The van der Waals surface area contributed by atoms with Crippen LogP contribution in [0.15, 0.2) is 18.2 Å². The lowest BCUT2D eigenvalue weighted by Crippen LogP contribution is -2.25. The van der Waals surface area contributed by atoms with E-state index < -0.39 is 4.92 Å². The van der Waals surface area contributed by atoms with Gasteiger partial charge in [-0.1, -0.05) is 0 Å². The molecule has 0 N–H and O–H groups in total. The number of ether oxygens (including phenoxy) is 3. The normalized spacial score (nSPS) is 15.1. The SMILES string of the molecule is COCOc1cc([N+](=O)[O-])ccc1OCCN1CCCC1. The van der Waals surface area contributed by atoms with Crippen molar-refractivity contribution >= 4 is 5.69 Å². The molecule has 0 radical (unpaired) electrons. The molecule has 0 amide bonds. The summed E-state index contributed by atoms with van der Waals surface area (Å²) < 4.78 is 15.9. The van der Waals surface area contributed by atoms with E-state index in [4.69, 9.17) is 14.2 Å². The molecule has 0 aromatic heterocycles. The van der Waals surface area contributed by atoms with Gasteiger partial charge in [0.1, 0.15) is 6.61 Å². The fourth-order valence-electron chi connectivity index (χ4n) is 2.26. The van der Waals surface area contributed by atoms with Crippen LogP contribution in [0.2, 0.25) is 0 Å². The van der Waals surface area contributed by atoms with Crippen LogP contribution < -0.4 is 9.47 Å². The van der Waals surface area contributed by atoms with Gasteiger partial charge < -0.3 is 14.2 Å². The first-order chi connectivity index (χ1) is 10.2. The number of nitro benzene ring substituents is 1. The van der Waals surface area contributed by atoms with E-state index in [1.807, 2.05) is 0 Å². The zero-order valence-electron chi connectivity index (χ0n) is 12.1. The summed E-state index contributed by atoms with van der Waals surface area (Å²) in [5, 5.41) is 10.8. The molecule has 2 rings (SSSR count). The maximum atomic E-state index is 10.8. The number of methoxy groups -OCH3 is 1. The van der Waals surface area contributed by atoms with Gasteiger partial charge >= 0.3 is 0 Å². The number of nitrogens with zero attached hydrogens (tertiary/aromatic N) is 2. The third-order valence-electron chi connectivity index (χ3n) is 3.33. The number of benzene rings is 1. The maximum Gasteiger partial charge on any atom is 0.273 e. The smallest absolute Gasteiger partial charge is 0.273 e. The van der Waals surface area contributed by atoms with E-state index in [-0.39, 0.29) is 12.5 Å². The highest BCUT2D eigenvalue weighted by molar-refractivity contribution is 5.48. The predicted molar refractivity (Wildman–Crippen MR) is 76.8 cm³/mol. The van der Waals surface area contributed by atoms with Crippen LogP contribution in [0.3, 0.4) is 0 Å². The predicted octanol–water partition coefficient (Wildman–Crippen LogP) is 2.05. The van der Waals surface area contributed by atoms with Crippen molar-refractivity contribution in [1.29, 1.82) is 0 Å². The first-order valence-electron chi connectivity index (χ1n) is 6.96. The first-order valence-corrected chi connectivity index (χ1v) is 6.96. The summed E-state index contributed by atoms with van der Waals surface area (Å²) in [6, 6.07) is 4.32. The first kappa shape index (κ1) is 15.5. The van der Waals surface area contributed by atoms with Gasteiger partial charge in [-0.05, 0) is 32.0 Å². The minimum Gasteiger partial charge on any atom is -0.488 e. The Morgan fingerprint density at radius 3 is 2.67 bits per heavy atom. The molecule has 1 fully saturated rings. The summed E-state index contributed by atoms with van der Waals surface area (Å²) in [6.07, 6.45) is 2.47. The van der Waals surface area contributed by atoms with Gasteiger partial charge in [0.15, 0.2) is 18.3 Å². The number of likely N-dealkylation sites (tertiary alicyclic amines) is 1. The molecule has 1 aliphatic rings. The second-order valence-electron chi connectivity index (χ2n) is 4.84. The lowest BCUT2D eigenvalue weighted by atomic mass is 10.3. The second kappa shape index (κ2) is 7.80. The zero-order valence-corrected chi connectivity index (χ0v) is 12.1. The van der Waals surface area contributed by atoms with Gasteiger partial charge in [0.05, 0.1) is 11.0 Å². The largest absolute Gasteiger partial charge is 0.488 e. The Kier molecular flexibility index (Phi) is 5.77. The standard InChI is InChI=1S/C14H20N2O5/c1-19-11-21-14-10-12(16(17)18)4-5-13(14)20-9-8-15-6-2-3-7-15/h4-5,10H,2-3,6-9,11H2,1H3. The Labute approximate surface area is 123 Å². The Morgan fingerprint density at radius 1 is 1.24 bits per heavy atom. The molecule has 0 spiro atoms. The maximum absolute atomic E-state index is 10.8. The molecule has 0 unspecified atom stereocenters. The number of nitro groups is 1. The average molecular weight is 296 g/mol. The molecule has 1 heterocycles. The summed E-state index contributed by atoms with van der Waals surface area (Å²) in [5.41, 5.74) is -0.0343. The van der Waals surface area contributed by atoms with E-state index in [1.54, 1.807) is 6.07 Å². The van der Waals surface area contributed by atoms with Gasteiger partial charge in [-0.25, -0.2) is 0 Å². The van der Waals surface area contributed by atoms with Crippen LogP contribution >= 0.6 is 0 Å². The van der Waals surface area contributed by atoms with E-state index in [9.17, 15) is 10.1 Å². The van der Waals surface area contributed by atoms with Gasteiger partial charge in [0.2, 0.25) is 0 Å². The molecule has 1 saturated heterocycles. The summed E-state index contributed by atoms with van der Waals surface area (Å²) in [5.74, 6) is 0.823. The summed E-state index contributed by atoms with van der Waals surface area (Å²) >= 11 is 0. The van der Waals surface area contributed by atoms with E-state index in [0.717, 1.165) is 19.6 Å². The number of hydrogen-bond acceptors (Lipinski definition) is 6. The van der Waals surface area contributed by atoms with Gasteiger partial charge in [-0.2, -0.15) is 0 Å².